The fraction of sp³-hybridized carbons (Fsp3) is 0.667. The van der Waals surface area contributed by atoms with Crippen molar-refractivity contribution < 1.29 is 4.21 Å². The molecule has 0 aromatic rings. The van der Waals surface area contributed by atoms with Crippen molar-refractivity contribution in [1.82, 2.24) is 0 Å². The highest BCUT2D eigenvalue weighted by atomic mass is 32.2. The standard InChI is InChI=1S/C6H11NOS/c7-4-5-9(8)6-2-1-3-6/h1-2,6H,3-5,7H2. The summed E-state index contributed by atoms with van der Waals surface area (Å²) in [7, 11) is -0.690. The SMILES string of the molecule is NCCS(=O)C1C=CC1. The first-order valence-corrected chi connectivity index (χ1v) is 4.46. The summed E-state index contributed by atoms with van der Waals surface area (Å²) >= 11 is 0. The van der Waals surface area contributed by atoms with E-state index < -0.39 is 10.8 Å². The van der Waals surface area contributed by atoms with Crippen LogP contribution >= 0.6 is 0 Å². The van der Waals surface area contributed by atoms with Gasteiger partial charge < -0.3 is 5.73 Å². The minimum atomic E-state index is -0.690. The third kappa shape index (κ3) is 1.63. The molecule has 2 unspecified atom stereocenters. The second-order valence-electron chi connectivity index (χ2n) is 2.08. The van der Waals surface area contributed by atoms with Crippen molar-refractivity contribution in [2.45, 2.75) is 11.7 Å². The van der Waals surface area contributed by atoms with E-state index in [2.05, 4.69) is 0 Å². The van der Waals surface area contributed by atoms with Crippen LogP contribution in [0.5, 0.6) is 0 Å². The molecule has 1 rings (SSSR count). The van der Waals surface area contributed by atoms with Gasteiger partial charge in [0, 0.05) is 23.1 Å². The molecule has 0 spiro atoms. The van der Waals surface area contributed by atoms with Crippen LogP contribution in [0, 0.1) is 0 Å². The van der Waals surface area contributed by atoms with Crippen molar-refractivity contribution in [3.05, 3.63) is 12.2 Å². The molecular formula is C6H11NOS. The van der Waals surface area contributed by atoms with E-state index in [1.807, 2.05) is 12.2 Å². The summed E-state index contributed by atoms with van der Waals surface area (Å²) in [6, 6.07) is 0. The summed E-state index contributed by atoms with van der Waals surface area (Å²) in [5.41, 5.74) is 5.23. The number of rotatable bonds is 3. The van der Waals surface area contributed by atoms with Crippen LogP contribution < -0.4 is 5.73 Å². The predicted molar refractivity (Wildman–Crippen MR) is 39.6 cm³/mol. The van der Waals surface area contributed by atoms with Crippen molar-refractivity contribution in [2.75, 3.05) is 12.3 Å². The van der Waals surface area contributed by atoms with Crippen LogP contribution in [-0.4, -0.2) is 21.8 Å². The number of hydrogen-bond acceptors (Lipinski definition) is 2. The second kappa shape index (κ2) is 3.13. The number of nitrogens with two attached hydrogens (primary N) is 1. The maximum absolute atomic E-state index is 11.0. The summed E-state index contributed by atoms with van der Waals surface area (Å²) < 4.78 is 11.0. The van der Waals surface area contributed by atoms with Crippen molar-refractivity contribution >= 4 is 10.8 Å². The molecule has 2 N–H and O–H groups in total. The topological polar surface area (TPSA) is 43.1 Å². The Hall–Kier alpha value is -0.150. The van der Waals surface area contributed by atoms with Crippen LogP contribution in [0.2, 0.25) is 0 Å². The molecule has 0 aromatic carbocycles. The maximum atomic E-state index is 11.0. The zero-order valence-corrected chi connectivity index (χ0v) is 6.06. The smallest absolute Gasteiger partial charge is 0.0562 e. The van der Waals surface area contributed by atoms with Crippen LogP contribution in [0.3, 0.4) is 0 Å². The average molecular weight is 145 g/mol. The summed E-state index contributed by atoms with van der Waals surface area (Å²) in [6.07, 6.45) is 5.01. The Balaban J connectivity index is 2.26. The monoisotopic (exact) mass is 145 g/mol. The lowest BCUT2D eigenvalue weighted by molar-refractivity contribution is 0.674. The summed E-state index contributed by atoms with van der Waals surface area (Å²) in [5.74, 6) is 0.648. The Morgan fingerprint density at radius 3 is 2.78 bits per heavy atom. The van der Waals surface area contributed by atoms with Crippen LogP contribution in [0.15, 0.2) is 12.2 Å². The van der Waals surface area contributed by atoms with E-state index in [4.69, 9.17) is 5.73 Å². The summed E-state index contributed by atoms with van der Waals surface area (Å²) in [6.45, 7) is 0.539. The highest BCUT2D eigenvalue weighted by Gasteiger charge is 2.15. The minimum Gasteiger partial charge on any atom is -0.330 e. The van der Waals surface area contributed by atoms with Crippen molar-refractivity contribution in [2.24, 2.45) is 5.73 Å². The van der Waals surface area contributed by atoms with Gasteiger partial charge in [-0.2, -0.15) is 0 Å². The fourth-order valence-electron chi connectivity index (χ4n) is 0.710. The third-order valence-electron chi connectivity index (χ3n) is 1.38. The average Bonchev–Trinajstić information content (AvgIpc) is 1.60. The Morgan fingerprint density at radius 2 is 2.44 bits per heavy atom. The van der Waals surface area contributed by atoms with Gasteiger partial charge in [0.2, 0.25) is 0 Å². The fourth-order valence-corrected chi connectivity index (χ4v) is 1.86. The van der Waals surface area contributed by atoms with Gasteiger partial charge in [0.05, 0.1) is 5.25 Å². The largest absolute Gasteiger partial charge is 0.330 e. The van der Waals surface area contributed by atoms with Gasteiger partial charge in [0.1, 0.15) is 0 Å². The molecule has 0 heterocycles. The molecule has 0 saturated carbocycles. The molecular weight excluding hydrogens is 134 g/mol. The first-order valence-electron chi connectivity index (χ1n) is 3.08. The van der Waals surface area contributed by atoms with Gasteiger partial charge >= 0.3 is 0 Å². The van der Waals surface area contributed by atoms with Crippen molar-refractivity contribution in [1.29, 1.82) is 0 Å². The summed E-state index contributed by atoms with van der Waals surface area (Å²) in [4.78, 5) is 0. The molecule has 0 bridgehead atoms. The van der Waals surface area contributed by atoms with Crippen LogP contribution in [-0.2, 0) is 10.8 Å². The number of allylic oxidation sites excluding steroid dienone is 1. The molecule has 2 nitrogen and oxygen atoms in total. The Morgan fingerprint density at radius 1 is 1.78 bits per heavy atom. The van der Waals surface area contributed by atoms with Gasteiger partial charge in [-0.3, -0.25) is 4.21 Å². The molecule has 0 fully saturated rings. The second-order valence-corrected chi connectivity index (χ2v) is 3.85. The lowest BCUT2D eigenvalue weighted by Gasteiger charge is -2.15. The molecule has 3 heteroatoms. The van der Waals surface area contributed by atoms with Crippen LogP contribution in [0.25, 0.3) is 0 Å². The molecule has 0 aliphatic heterocycles. The van der Waals surface area contributed by atoms with Crippen molar-refractivity contribution in [3.63, 3.8) is 0 Å². The zero-order chi connectivity index (χ0) is 6.69. The number of hydrogen-bond donors (Lipinski definition) is 1. The first kappa shape index (κ1) is 6.96. The molecule has 2 atom stereocenters. The van der Waals surface area contributed by atoms with E-state index in [-0.39, 0.29) is 0 Å². The van der Waals surface area contributed by atoms with Gasteiger partial charge in [0.15, 0.2) is 0 Å². The molecule has 52 valence electrons. The van der Waals surface area contributed by atoms with Crippen LogP contribution in [0.1, 0.15) is 6.42 Å². The van der Waals surface area contributed by atoms with Gasteiger partial charge in [-0.15, -0.1) is 0 Å². The van der Waals surface area contributed by atoms with Crippen molar-refractivity contribution in [3.8, 4) is 0 Å². The normalized spacial score (nSPS) is 27.4. The maximum Gasteiger partial charge on any atom is 0.0562 e. The Bertz CT molecular complexity index is 144. The van der Waals surface area contributed by atoms with E-state index in [9.17, 15) is 4.21 Å². The van der Waals surface area contributed by atoms with Gasteiger partial charge in [-0.1, -0.05) is 12.2 Å². The highest BCUT2D eigenvalue weighted by Crippen LogP contribution is 2.14. The molecule has 0 amide bonds. The molecule has 1 aliphatic rings. The van der Waals surface area contributed by atoms with Gasteiger partial charge in [0.25, 0.3) is 0 Å². The van der Waals surface area contributed by atoms with Gasteiger partial charge in [-0.25, -0.2) is 0 Å². The lowest BCUT2D eigenvalue weighted by atomic mass is 10.1. The van der Waals surface area contributed by atoms with Crippen LogP contribution in [0.4, 0.5) is 0 Å². The van der Waals surface area contributed by atoms with E-state index in [1.54, 1.807) is 0 Å². The molecule has 1 aliphatic carbocycles. The van der Waals surface area contributed by atoms with Gasteiger partial charge in [-0.05, 0) is 6.42 Å². The third-order valence-corrected chi connectivity index (χ3v) is 3.04. The van der Waals surface area contributed by atoms with E-state index in [0.29, 0.717) is 17.5 Å². The zero-order valence-electron chi connectivity index (χ0n) is 5.25. The molecule has 0 radical (unpaired) electrons. The Kier molecular flexibility index (Phi) is 2.42. The lowest BCUT2D eigenvalue weighted by Crippen LogP contribution is -2.23. The predicted octanol–water partition coefficient (Wildman–Crippen LogP) is 0.0223. The molecule has 9 heavy (non-hydrogen) atoms. The Labute approximate surface area is 57.6 Å². The molecule has 0 saturated heterocycles. The van der Waals surface area contributed by atoms with E-state index in [0.717, 1.165) is 6.42 Å². The van der Waals surface area contributed by atoms with E-state index >= 15 is 0 Å². The first-order chi connectivity index (χ1) is 4.34. The minimum absolute atomic E-state index is 0.313. The highest BCUT2D eigenvalue weighted by molar-refractivity contribution is 7.85. The molecule has 0 aromatic heterocycles. The quantitative estimate of drug-likeness (QED) is 0.569. The summed E-state index contributed by atoms with van der Waals surface area (Å²) in [5, 5.41) is 0.313. The van der Waals surface area contributed by atoms with E-state index in [1.165, 1.54) is 0 Å².